The molecule has 0 saturated carbocycles. The Bertz CT molecular complexity index is 1180. The molecule has 0 unspecified atom stereocenters. The molecule has 0 atom stereocenters. The van der Waals surface area contributed by atoms with Gasteiger partial charge in [0.15, 0.2) is 5.82 Å². The number of imidazole rings is 1. The molecule has 4 rings (SSSR count). The highest BCUT2D eigenvalue weighted by Crippen LogP contribution is 2.35. The van der Waals surface area contributed by atoms with Gasteiger partial charge in [0, 0.05) is 0 Å². The summed E-state index contributed by atoms with van der Waals surface area (Å²) in [6.07, 6.45) is 1.23. The van der Waals surface area contributed by atoms with E-state index in [0.29, 0.717) is 16.9 Å². The summed E-state index contributed by atoms with van der Waals surface area (Å²) in [5.41, 5.74) is 2.69. The lowest BCUT2D eigenvalue weighted by atomic mass is 10.1. The van der Waals surface area contributed by atoms with Crippen LogP contribution in [-0.2, 0) is 6.54 Å². The molecule has 27 heavy (non-hydrogen) atoms. The van der Waals surface area contributed by atoms with Gasteiger partial charge in [-0.1, -0.05) is 6.07 Å². The van der Waals surface area contributed by atoms with E-state index in [1.807, 2.05) is 6.92 Å². The van der Waals surface area contributed by atoms with Crippen molar-refractivity contribution in [1.29, 1.82) is 0 Å². The highest BCUT2D eigenvalue weighted by atomic mass is 19.1. The molecule has 138 valence electrons. The predicted octanol–water partition coefficient (Wildman–Crippen LogP) is 3.50. The normalized spacial score (nSPS) is 11.4. The van der Waals surface area contributed by atoms with Crippen LogP contribution in [0, 0.1) is 12.7 Å². The van der Waals surface area contributed by atoms with Gasteiger partial charge in [0.1, 0.15) is 18.0 Å². The number of aliphatic imine (C=N–C) groups is 1. The fourth-order valence-corrected chi connectivity index (χ4v) is 3.26. The number of halogens is 2. The molecule has 0 bridgehead atoms. The maximum Gasteiger partial charge on any atom is 0.269 e. The number of benzene rings is 1. The van der Waals surface area contributed by atoms with Crippen molar-refractivity contribution < 1.29 is 13.5 Å². The van der Waals surface area contributed by atoms with Crippen molar-refractivity contribution in [3.63, 3.8) is 0 Å². The van der Waals surface area contributed by atoms with Gasteiger partial charge in [-0.25, -0.2) is 23.3 Å². The van der Waals surface area contributed by atoms with Crippen LogP contribution in [0.4, 0.5) is 14.7 Å². The lowest BCUT2D eigenvalue weighted by Crippen LogP contribution is -2.01. The van der Waals surface area contributed by atoms with Crippen LogP contribution in [-0.4, -0.2) is 44.7 Å². The van der Waals surface area contributed by atoms with Gasteiger partial charge < -0.3 is 9.30 Å². The van der Waals surface area contributed by atoms with Gasteiger partial charge >= 0.3 is 0 Å². The summed E-state index contributed by atoms with van der Waals surface area (Å²) in [5.74, 6) is 0.467. The number of nitrogens with zero attached hydrogens (tertiary/aromatic N) is 6. The van der Waals surface area contributed by atoms with Crippen LogP contribution >= 0.6 is 0 Å². The SMILES string of the molecule is C=Nc1nc(OC)c2c(-c3ccc4nc(C)n(CCF)c4c3)c(F)cn2n1. The van der Waals surface area contributed by atoms with Crippen molar-refractivity contribution in [1.82, 2.24) is 24.1 Å². The van der Waals surface area contributed by atoms with Crippen molar-refractivity contribution in [2.75, 3.05) is 13.8 Å². The molecule has 3 heterocycles. The lowest BCUT2D eigenvalue weighted by molar-refractivity contribution is 0.400. The zero-order valence-corrected chi connectivity index (χ0v) is 14.8. The maximum atomic E-state index is 14.8. The van der Waals surface area contributed by atoms with Crippen LogP contribution in [0.2, 0.25) is 0 Å². The molecular formula is C18H16F2N6O. The summed E-state index contributed by atoms with van der Waals surface area (Å²) in [4.78, 5) is 12.2. The highest BCUT2D eigenvalue weighted by molar-refractivity contribution is 5.90. The summed E-state index contributed by atoms with van der Waals surface area (Å²) < 4.78 is 36.1. The highest BCUT2D eigenvalue weighted by Gasteiger charge is 2.21. The molecule has 9 heteroatoms. The Morgan fingerprint density at radius 1 is 1.30 bits per heavy atom. The van der Waals surface area contributed by atoms with Crippen molar-refractivity contribution in [2.45, 2.75) is 13.5 Å². The second-order valence-electron chi connectivity index (χ2n) is 5.93. The standard InChI is InChI=1S/C18H16F2N6O/c1-10-22-13-5-4-11(8-14(13)25(10)7-6-19)15-12(20)9-26-16(15)17(27-3)23-18(21-2)24-26/h4-5,8-9H,2,6-7H2,1,3H3. The molecule has 0 aliphatic rings. The molecule has 0 spiro atoms. The third kappa shape index (κ3) is 2.62. The molecule has 0 aliphatic heterocycles. The van der Waals surface area contributed by atoms with E-state index >= 15 is 0 Å². The van der Waals surface area contributed by atoms with E-state index in [0.717, 1.165) is 11.0 Å². The smallest absolute Gasteiger partial charge is 0.269 e. The van der Waals surface area contributed by atoms with Crippen LogP contribution in [0.3, 0.4) is 0 Å². The van der Waals surface area contributed by atoms with E-state index in [-0.39, 0.29) is 23.9 Å². The molecule has 0 amide bonds. The van der Waals surface area contributed by atoms with E-state index in [4.69, 9.17) is 4.74 Å². The Hall–Kier alpha value is -3.36. The number of methoxy groups -OCH3 is 1. The second kappa shape index (κ2) is 6.42. The van der Waals surface area contributed by atoms with Crippen LogP contribution < -0.4 is 4.74 Å². The average Bonchev–Trinajstić information content (AvgIpc) is 3.16. The number of rotatable bonds is 5. The van der Waals surface area contributed by atoms with Crippen LogP contribution in [0.25, 0.3) is 27.7 Å². The molecule has 3 aromatic heterocycles. The fraction of sp³-hybridized carbons (Fsp3) is 0.222. The summed E-state index contributed by atoms with van der Waals surface area (Å²) >= 11 is 0. The summed E-state index contributed by atoms with van der Waals surface area (Å²) in [6.45, 7) is 4.87. The first-order valence-corrected chi connectivity index (χ1v) is 8.20. The van der Waals surface area contributed by atoms with Crippen molar-refractivity contribution in [3.05, 3.63) is 36.0 Å². The van der Waals surface area contributed by atoms with E-state index in [2.05, 4.69) is 26.8 Å². The van der Waals surface area contributed by atoms with E-state index < -0.39 is 12.5 Å². The first kappa shape index (κ1) is 17.1. The van der Waals surface area contributed by atoms with Gasteiger partial charge in [0.2, 0.25) is 5.88 Å². The maximum absolute atomic E-state index is 14.8. The van der Waals surface area contributed by atoms with Gasteiger partial charge in [-0.15, -0.1) is 5.10 Å². The minimum absolute atomic E-state index is 0.0769. The van der Waals surface area contributed by atoms with Crippen LogP contribution in [0.15, 0.2) is 29.4 Å². The van der Waals surface area contributed by atoms with Crippen LogP contribution in [0.1, 0.15) is 5.82 Å². The average molecular weight is 370 g/mol. The van der Waals surface area contributed by atoms with E-state index in [9.17, 15) is 8.78 Å². The number of fused-ring (bicyclic) bond motifs is 2. The van der Waals surface area contributed by atoms with Gasteiger partial charge in [-0.05, 0) is 31.3 Å². The zero-order valence-electron chi connectivity index (χ0n) is 14.8. The number of aromatic nitrogens is 5. The number of hydrogen-bond donors (Lipinski definition) is 0. The van der Waals surface area contributed by atoms with E-state index in [1.54, 1.807) is 22.8 Å². The number of hydrogen-bond acceptors (Lipinski definition) is 5. The molecule has 4 aromatic rings. The van der Waals surface area contributed by atoms with Gasteiger partial charge in [0.25, 0.3) is 5.95 Å². The molecule has 0 radical (unpaired) electrons. The second-order valence-corrected chi connectivity index (χ2v) is 5.93. The molecular weight excluding hydrogens is 354 g/mol. The monoisotopic (exact) mass is 370 g/mol. The molecule has 0 fully saturated rings. The quantitative estimate of drug-likeness (QED) is 0.504. The van der Waals surface area contributed by atoms with Gasteiger partial charge in [-0.2, -0.15) is 4.98 Å². The Labute approximate surface area is 152 Å². The molecule has 0 aliphatic carbocycles. The summed E-state index contributed by atoms with van der Waals surface area (Å²) in [6, 6.07) is 5.32. The Kier molecular flexibility index (Phi) is 4.06. The number of aryl methyl sites for hydroxylation is 2. The Morgan fingerprint density at radius 3 is 2.81 bits per heavy atom. The zero-order chi connectivity index (χ0) is 19.1. The van der Waals surface area contributed by atoms with Crippen molar-refractivity contribution >= 4 is 29.2 Å². The predicted molar refractivity (Wildman–Crippen MR) is 98.1 cm³/mol. The molecule has 7 nitrogen and oxygen atoms in total. The number of alkyl halides is 1. The van der Waals surface area contributed by atoms with Crippen molar-refractivity contribution in [2.24, 2.45) is 4.99 Å². The Balaban J connectivity index is 2.00. The lowest BCUT2D eigenvalue weighted by Gasteiger charge is -2.07. The van der Waals surface area contributed by atoms with Crippen molar-refractivity contribution in [3.8, 4) is 17.0 Å². The largest absolute Gasteiger partial charge is 0.479 e. The van der Waals surface area contributed by atoms with Gasteiger partial charge in [-0.3, -0.25) is 0 Å². The fourth-order valence-electron chi connectivity index (χ4n) is 3.26. The first-order valence-electron chi connectivity index (χ1n) is 8.20. The third-order valence-corrected chi connectivity index (χ3v) is 4.41. The first-order chi connectivity index (χ1) is 13.1. The van der Waals surface area contributed by atoms with Crippen LogP contribution in [0.5, 0.6) is 5.88 Å². The molecule has 1 aromatic carbocycles. The summed E-state index contributed by atoms with van der Waals surface area (Å²) in [7, 11) is 1.44. The van der Waals surface area contributed by atoms with Gasteiger partial charge in [0.05, 0.1) is 36.4 Å². The minimum atomic E-state index is -0.515. The topological polar surface area (TPSA) is 69.6 Å². The minimum Gasteiger partial charge on any atom is -0.479 e. The van der Waals surface area contributed by atoms with E-state index in [1.165, 1.54) is 17.8 Å². The molecule has 0 saturated heterocycles. The number of ether oxygens (including phenoxy) is 1. The Morgan fingerprint density at radius 2 is 2.11 bits per heavy atom. The third-order valence-electron chi connectivity index (χ3n) is 4.41. The molecule has 0 N–H and O–H groups in total. The summed E-state index contributed by atoms with van der Waals surface area (Å²) in [5, 5.41) is 4.11.